The fraction of sp³-hybridized carbons (Fsp3) is 0.448. The smallest absolute Gasteiger partial charge is 0.295 e. The third-order valence-electron chi connectivity index (χ3n) is 6.60. The highest BCUT2D eigenvalue weighted by Crippen LogP contribution is 2.41. The van der Waals surface area contributed by atoms with Crippen LogP contribution in [0.4, 0.5) is 0 Å². The second kappa shape index (κ2) is 12.1. The molecule has 2 aliphatic rings. The van der Waals surface area contributed by atoms with Gasteiger partial charge in [-0.1, -0.05) is 43.7 Å². The number of amides is 1. The van der Waals surface area contributed by atoms with Gasteiger partial charge in [-0.2, -0.15) is 0 Å². The van der Waals surface area contributed by atoms with Crippen LogP contribution in [-0.2, 0) is 9.59 Å². The minimum absolute atomic E-state index is 0.0398. The van der Waals surface area contributed by atoms with Gasteiger partial charge in [0.1, 0.15) is 19.0 Å². The van der Waals surface area contributed by atoms with E-state index < -0.39 is 23.5 Å². The van der Waals surface area contributed by atoms with Gasteiger partial charge in [0, 0.05) is 18.5 Å². The van der Waals surface area contributed by atoms with Crippen LogP contribution >= 0.6 is 0 Å². The molecule has 1 atom stereocenters. The first kappa shape index (κ1) is 26.5. The second-order valence-corrected chi connectivity index (χ2v) is 9.77. The summed E-state index contributed by atoms with van der Waals surface area (Å²) in [5.74, 6) is -0.206. The number of benzene rings is 2. The molecule has 1 fully saturated rings. The molecule has 8 heteroatoms. The highest BCUT2D eigenvalue weighted by molar-refractivity contribution is 6.46. The summed E-state index contributed by atoms with van der Waals surface area (Å²) >= 11 is 0. The molecule has 0 bridgehead atoms. The lowest BCUT2D eigenvalue weighted by molar-refractivity contribution is -0.858. The van der Waals surface area contributed by atoms with Crippen LogP contribution in [-0.4, -0.2) is 63.6 Å². The van der Waals surface area contributed by atoms with Crippen LogP contribution in [0.2, 0.25) is 0 Å². The zero-order valence-electron chi connectivity index (χ0n) is 21.9. The van der Waals surface area contributed by atoms with E-state index in [1.165, 1.54) is 9.80 Å². The molecule has 1 unspecified atom stereocenters. The van der Waals surface area contributed by atoms with Crippen molar-refractivity contribution in [2.45, 2.75) is 38.6 Å². The summed E-state index contributed by atoms with van der Waals surface area (Å²) in [4.78, 5) is 29.3. The van der Waals surface area contributed by atoms with Crippen molar-refractivity contribution in [2.24, 2.45) is 0 Å². The standard InChI is InChI=1S/C29H36N2O6/c1-4-5-6-15-35-22-10-7-9-20(18-22)26-25(28(33)29(34)31(26)14-8-13-30(2)3)27(32)21-11-12-23-24(19-21)37-17-16-36-23/h7,9-12,18-19,26,32H,4-6,8,13-17H2,1-3H3/b27-25+. The van der Waals surface area contributed by atoms with Gasteiger partial charge >= 0.3 is 0 Å². The van der Waals surface area contributed by atoms with Gasteiger partial charge in [0.2, 0.25) is 5.78 Å². The first-order chi connectivity index (χ1) is 17.9. The van der Waals surface area contributed by atoms with Gasteiger partial charge in [-0.05, 0) is 41.8 Å². The van der Waals surface area contributed by atoms with Crippen LogP contribution in [0.3, 0.4) is 0 Å². The number of ether oxygens (including phenoxy) is 3. The minimum Gasteiger partial charge on any atom is -0.872 e. The zero-order valence-corrected chi connectivity index (χ0v) is 21.9. The van der Waals surface area contributed by atoms with E-state index in [0.29, 0.717) is 55.6 Å². The average Bonchev–Trinajstić information content (AvgIpc) is 3.15. The normalized spacial score (nSPS) is 18.5. The molecule has 2 heterocycles. The van der Waals surface area contributed by atoms with Crippen molar-refractivity contribution in [2.75, 3.05) is 47.0 Å². The second-order valence-electron chi connectivity index (χ2n) is 9.77. The predicted molar refractivity (Wildman–Crippen MR) is 138 cm³/mol. The van der Waals surface area contributed by atoms with Crippen molar-refractivity contribution in [3.63, 3.8) is 0 Å². The third kappa shape index (κ3) is 6.07. The van der Waals surface area contributed by atoms with Crippen molar-refractivity contribution in [1.82, 2.24) is 4.90 Å². The SMILES string of the molecule is CCCCCOc1cccc(C2/C(=C(\[O-])c3ccc4c(c3)OCCO4)C(=O)C(=O)N2CCC[NH+](C)C)c1. The number of carbonyl (C=O) groups excluding carboxylic acids is 2. The van der Waals surface area contributed by atoms with Gasteiger partial charge in [0.05, 0.1) is 33.3 Å². The van der Waals surface area contributed by atoms with E-state index in [-0.39, 0.29) is 11.1 Å². The third-order valence-corrected chi connectivity index (χ3v) is 6.60. The Labute approximate surface area is 218 Å². The number of nitrogens with one attached hydrogen (secondary N) is 1. The zero-order chi connectivity index (χ0) is 26.4. The number of hydrogen-bond donors (Lipinski definition) is 1. The topological polar surface area (TPSA) is 92.6 Å². The number of rotatable bonds is 11. The van der Waals surface area contributed by atoms with Gasteiger partial charge in [-0.15, -0.1) is 0 Å². The Balaban J connectivity index is 1.72. The summed E-state index contributed by atoms with van der Waals surface area (Å²) < 4.78 is 17.1. The Morgan fingerprint density at radius 2 is 1.84 bits per heavy atom. The van der Waals surface area contributed by atoms with E-state index in [1.807, 2.05) is 38.4 Å². The number of ketones is 1. The highest BCUT2D eigenvalue weighted by Gasteiger charge is 2.44. The molecule has 0 aromatic heterocycles. The largest absolute Gasteiger partial charge is 0.872 e. The van der Waals surface area contributed by atoms with E-state index in [0.717, 1.165) is 25.8 Å². The van der Waals surface area contributed by atoms with Crippen molar-refractivity contribution in [1.29, 1.82) is 0 Å². The van der Waals surface area contributed by atoms with Crippen molar-refractivity contribution in [3.8, 4) is 17.2 Å². The minimum atomic E-state index is -0.781. The van der Waals surface area contributed by atoms with E-state index in [9.17, 15) is 14.7 Å². The molecule has 1 amide bonds. The van der Waals surface area contributed by atoms with Gasteiger partial charge < -0.3 is 29.1 Å². The maximum absolute atomic E-state index is 13.8. The molecule has 0 saturated carbocycles. The van der Waals surface area contributed by atoms with Gasteiger partial charge in [0.25, 0.3) is 5.91 Å². The number of nitrogens with zero attached hydrogens (tertiary/aromatic N) is 1. The molecule has 37 heavy (non-hydrogen) atoms. The Bertz CT molecular complexity index is 1160. The van der Waals surface area contributed by atoms with Crippen LogP contribution < -0.4 is 24.2 Å². The predicted octanol–water partition coefficient (Wildman–Crippen LogP) is 1.79. The van der Waals surface area contributed by atoms with Crippen molar-refractivity contribution >= 4 is 17.4 Å². The van der Waals surface area contributed by atoms with E-state index in [1.54, 1.807) is 18.2 Å². The fourth-order valence-corrected chi connectivity index (χ4v) is 4.71. The Morgan fingerprint density at radius 1 is 1.05 bits per heavy atom. The summed E-state index contributed by atoms with van der Waals surface area (Å²) in [5, 5.41) is 13.8. The van der Waals surface area contributed by atoms with Crippen LogP contribution in [0, 0.1) is 0 Å². The lowest BCUT2D eigenvalue weighted by Gasteiger charge is -2.28. The summed E-state index contributed by atoms with van der Waals surface area (Å²) in [7, 11) is 4.08. The van der Waals surface area contributed by atoms with Crippen LogP contribution in [0.5, 0.6) is 17.2 Å². The van der Waals surface area contributed by atoms with Crippen molar-refractivity contribution in [3.05, 3.63) is 59.2 Å². The van der Waals surface area contributed by atoms with E-state index in [4.69, 9.17) is 14.2 Å². The number of carbonyl (C=O) groups is 2. The van der Waals surface area contributed by atoms with E-state index >= 15 is 0 Å². The highest BCUT2D eigenvalue weighted by atomic mass is 16.6. The first-order valence-electron chi connectivity index (χ1n) is 13.1. The molecule has 2 aromatic carbocycles. The molecule has 1 N–H and O–H groups in total. The molecule has 198 valence electrons. The number of quaternary nitrogens is 1. The number of fused-ring (bicyclic) bond motifs is 1. The monoisotopic (exact) mass is 508 g/mol. The maximum Gasteiger partial charge on any atom is 0.295 e. The summed E-state index contributed by atoms with van der Waals surface area (Å²) in [5.41, 5.74) is 0.934. The molecule has 0 spiro atoms. The summed E-state index contributed by atoms with van der Waals surface area (Å²) in [6.45, 7) is 4.75. The Morgan fingerprint density at radius 3 is 2.59 bits per heavy atom. The van der Waals surface area contributed by atoms with Gasteiger partial charge in [-0.25, -0.2) is 0 Å². The van der Waals surface area contributed by atoms with Crippen LogP contribution in [0.1, 0.15) is 49.8 Å². The summed E-state index contributed by atoms with van der Waals surface area (Å²) in [6, 6.07) is 11.5. The van der Waals surface area contributed by atoms with Crippen LogP contribution in [0.25, 0.3) is 5.76 Å². The fourth-order valence-electron chi connectivity index (χ4n) is 4.71. The molecule has 2 aromatic rings. The van der Waals surface area contributed by atoms with Crippen LogP contribution in [0.15, 0.2) is 48.0 Å². The molecule has 4 rings (SSSR count). The van der Waals surface area contributed by atoms with Gasteiger partial charge in [0.15, 0.2) is 11.5 Å². The van der Waals surface area contributed by atoms with Crippen molar-refractivity contribution < 1.29 is 33.8 Å². The molecule has 1 saturated heterocycles. The Hall–Kier alpha value is -3.52. The maximum atomic E-state index is 13.8. The summed E-state index contributed by atoms with van der Waals surface area (Å²) in [6.07, 6.45) is 3.82. The lowest BCUT2D eigenvalue weighted by atomic mass is 9.95. The number of unbranched alkanes of at least 4 members (excludes halogenated alkanes) is 2. The number of Topliss-reactive ketones (excluding diaryl/α,β-unsaturated/α-hetero) is 1. The van der Waals surface area contributed by atoms with E-state index in [2.05, 4.69) is 6.92 Å². The quantitative estimate of drug-likeness (QED) is 0.215. The molecular weight excluding hydrogens is 472 g/mol. The van der Waals surface area contributed by atoms with Gasteiger partial charge in [-0.3, -0.25) is 9.59 Å². The lowest BCUT2D eigenvalue weighted by Crippen LogP contribution is -3.05. The molecule has 8 nitrogen and oxygen atoms in total. The molecular formula is C29H36N2O6. The Kier molecular flexibility index (Phi) is 8.71. The molecule has 2 aliphatic heterocycles. The number of hydrogen-bond acceptors (Lipinski definition) is 6. The molecule has 0 aliphatic carbocycles. The molecule has 0 radical (unpaired) electrons. The number of likely N-dealkylation sites (tertiary alicyclic amines) is 1. The first-order valence-corrected chi connectivity index (χ1v) is 13.1. The average molecular weight is 509 g/mol.